The van der Waals surface area contributed by atoms with Crippen LogP contribution in [0.3, 0.4) is 0 Å². The minimum Gasteiger partial charge on any atom is -0.242 e. The van der Waals surface area contributed by atoms with Crippen molar-refractivity contribution < 1.29 is 0 Å². The number of rotatable bonds is 3. The molecule has 0 saturated heterocycles. The summed E-state index contributed by atoms with van der Waals surface area (Å²) < 4.78 is 1.74. The Morgan fingerprint density at radius 3 is 3.09 bits per heavy atom. The summed E-state index contributed by atoms with van der Waals surface area (Å²) in [6, 6.07) is 1.88. The highest BCUT2D eigenvalue weighted by Gasteiger charge is 1.88. The summed E-state index contributed by atoms with van der Waals surface area (Å²) >= 11 is 0. The molecular weight excluding hydrogens is 136 g/mol. The molecule has 0 aliphatic carbocycles. The van der Waals surface area contributed by atoms with Crippen LogP contribution in [0.15, 0.2) is 37.2 Å². The summed E-state index contributed by atoms with van der Waals surface area (Å²) in [7, 11) is 0. The van der Waals surface area contributed by atoms with Gasteiger partial charge in [-0.25, -0.2) is 4.68 Å². The molecule has 58 valence electrons. The Hall–Kier alpha value is -1.31. The van der Waals surface area contributed by atoms with Crippen molar-refractivity contribution in [3.8, 4) is 0 Å². The zero-order valence-electron chi connectivity index (χ0n) is 6.70. The number of allylic oxidation sites excluding steroid dienone is 3. The van der Waals surface area contributed by atoms with Gasteiger partial charge in [0, 0.05) is 12.4 Å². The molecule has 0 amide bonds. The van der Waals surface area contributed by atoms with Gasteiger partial charge in [0.25, 0.3) is 0 Å². The van der Waals surface area contributed by atoms with Crippen LogP contribution >= 0.6 is 0 Å². The van der Waals surface area contributed by atoms with Gasteiger partial charge in [-0.3, -0.25) is 0 Å². The van der Waals surface area contributed by atoms with Gasteiger partial charge in [-0.15, -0.1) is 0 Å². The summed E-state index contributed by atoms with van der Waals surface area (Å²) in [6.07, 6.45) is 8.67. The van der Waals surface area contributed by atoms with Crippen molar-refractivity contribution in [3.05, 3.63) is 37.2 Å². The van der Waals surface area contributed by atoms with Crippen molar-refractivity contribution in [1.29, 1.82) is 0 Å². The van der Waals surface area contributed by atoms with E-state index in [2.05, 4.69) is 24.7 Å². The van der Waals surface area contributed by atoms with E-state index < -0.39 is 0 Å². The zero-order valence-corrected chi connectivity index (χ0v) is 6.70. The maximum Gasteiger partial charge on any atom is 0.0570 e. The number of nitrogens with zero attached hydrogens (tertiary/aromatic N) is 2. The third kappa shape index (κ3) is 2.08. The number of hydrogen-bond acceptors (Lipinski definition) is 1. The average molecular weight is 148 g/mol. The standard InChI is InChI=1S/C9H12N2/c1-3-4-6-9(2)11-8-5-7-10-11/h4-8H,2-3H2,1H3/b6-4-. The molecule has 0 fully saturated rings. The largest absolute Gasteiger partial charge is 0.242 e. The van der Waals surface area contributed by atoms with Crippen molar-refractivity contribution in [2.45, 2.75) is 13.3 Å². The minimum absolute atomic E-state index is 0.900. The molecule has 0 aliphatic heterocycles. The first-order chi connectivity index (χ1) is 5.34. The summed E-state index contributed by atoms with van der Waals surface area (Å²) in [5.74, 6) is 0. The van der Waals surface area contributed by atoms with Gasteiger partial charge in [-0.05, 0) is 18.6 Å². The maximum absolute atomic E-state index is 4.03. The Labute approximate surface area is 66.8 Å². The lowest BCUT2D eigenvalue weighted by atomic mass is 10.3. The van der Waals surface area contributed by atoms with E-state index in [1.165, 1.54) is 0 Å². The van der Waals surface area contributed by atoms with Crippen molar-refractivity contribution in [3.63, 3.8) is 0 Å². The van der Waals surface area contributed by atoms with E-state index in [9.17, 15) is 0 Å². The Morgan fingerprint density at radius 1 is 1.73 bits per heavy atom. The lowest BCUT2D eigenvalue weighted by molar-refractivity contribution is 0.911. The van der Waals surface area contributed by atoms with E-state index in [1.807, 2.05) is 18.3 Å². The highest BCUT2D eigenvalue weighted by molar-refractivity contribution is 5.52. The Kier molecular flexibility index (Phi) is 2.66. The molecule has 2 heteroatoms. The van der Waals surface area contributed by atoms with Crippen molar-refractivity contribution in [2.75, 3.05) is 0 Å². The molecule has 0 unspecified atom stereocenters. The summed E-state index contributed by atoms with van der Waals surface area (Å²) in [4.78, 5) is 0. The first-order valence-corrected chi connectivity index (χ1v) is 3.70. The third-order valence-corrected chi connectivity index (χ3v) is 1.34. The lowest BCUT2D eigenvalue weighted by Gasteiger charge is -1.97. The molecule has 0 aliphatic rings. The van der Waals surface area contributed by atoms with Crippen molar-refractivity contribution >= 4 is 5.70 Å². The molecule has 11 heavy (non-hydrogen) atoms. The maximum atomic E-state index is 4.03. The van der Waals surface area contributed by atoms with Crippen LogP contribution in [0, 0.1) is 0 Å². The van der Waals surface area contributed by atoms with Crippen LogP contribution in [-0.2, 0) is 0 Å². The first kappa shape index (κ1) is 7.79. The SMILES string of the molecule is C=C(/C=C\CC)n1cccn1. The second-order valence-electron chi connectivity index (χ2n) is 2.25. The van der Waals surface area contributed by atoms with Crippen LogP contribution in [0.2, 0.25) is 0 Å². The quantitative estimate of drug-likeness (QED) is 0.601. The van der Waals surface area contributed by atoms with E-state index >= 15 is 0 Å². The fourth-order valence-electron chi connectivity index (χ4n) is 0.769. The summed E-state index contributed by atoms with van der Waals surface area (Å²) in [5, 5.41) is 4.03. The Morgan fingerprint density at radius 2 is 2.55 bits per heavy atom. The number of hydrogen-bond donors (Lipinski definition) is 0. The second kappa shape index (κ2) is 3.76. The second-order valence-corrected chi connectivity index (χ2v) is 2.25. The van der Waals surface area contributed by atoms with E-state index in [0.29, 0.717) is 0 Å². The van der Waals surface area contributed by atoms with Gasteiger partial charge in [0.05, 0.1) is 5.70 Å². The average Bonchev–Trinajstić information content (AvgIpc) is 2.52. The van der Waals surface area contributed by atoms with Crippen LogP contribution in [0.25, 0.3) is 5.70 Å². The molecule has 0 atom stereocenters. The van der Waals surface area contributed by atoms with Gasteiger partial charge in [-0.2, -0.15) is 5.10 Å². The van der Waals surface area contributed by atoms with E-state index in [-0.39, 0.29) is 0 Å². The van der Waals surface area contributed by atoms with Crippen LogP contribution in [0.1, 0.15) is 13.3 Å². The molecule has 0 spiro atoms. The predicted molar refractivity (Wildman–Crippen MR) is 47.0 cm³/mol. The molecule has 0 saturated carbocycles. The van der Waals surface area contributed by atoms with Crippen molar-refractivity contribution in [2.24, 2.45) is 0 Å². The van der Waals surface area contributed by atoms with Gasteiger partial charge >= 0.3 is 0 Å². The first-order valence-electron chi connectivity index (χ1n) is 3.70. The molecule has 1 heterocycles. The van der Waals surface area contributed by atoms with Crippen LogP contribution in [-0.4, -0.2) is 9.78 Å². The zero-order chi connectivity index (χ0) is 8.10. The molecule has 0 N–H and O–H groups in total. The molecular formula is C9H12N2. The van der Waals surface area contributed by atoms with Crippen LogP contribution in [0.4, 0.5) is 0 Å². The van der Waals surface area contributed by atoms with E-state index in [0.717, 1.165) is 12.1 Å². The number of aromatic nitrogens is 2. The Bertz CT molecular complexity index is 245. The van der Waals surface area contributed by atoms with Gasteiger partial charge in [0.1, 0.15) is 0 Å². The molecule has 0 bridgehead atoms. The minimum atomic E-state index is 0.900. The summed E-state index contributed by atoms with van der Waals surface area (Å²) in [6.45, 7) is 5.94. The highest BCUT2D eigenvalue weighted by Crippen LogP contribution is 2.00. The van der Waals surface area contributed by atoms with Gasteiger partial charge in [0.2, 0.25) is 0 Å². The molecule has 1 aromatic rings. The smallest absolute Gasteiger partial charge is 0.0570 e. The fourth-order valence-corrected chi connectivity index (χ4v) is 0.769. The monoisotopic (exact) mass is 148 g/mol. The van der Waals surface area contributed by atoms with Gasteiger partial charge in [0.15, 0.2) is 0 Å². The van der Waals surface area contributed by atoms with Crippen molar-refractivity contribution in [1.82, 2.24) is 9.78 Å². The molecule has 1 aromatic heterocycles. The van der Waals surface area contributed by atoms with E-state index in [4.69, 9.17) is 0 Å². The third-order valence-electron chi connectivity index (χ3n) is 1.34. The van der Waals surface area contributed by atoms with Gasteiger partial charge in [-0.1, -0.05) is 19.6 Å². The Balaban J connectivity index is 2.64. The molecule has 0 radical (unpaired) electrons. The van der Waals surface area contributed by atoms with Gasteiger partial charge < -0.3 is 0 Å². The predicted octanol–water partition coefficient (Wildman–Crippen LogP) is 2.32. The topological polar surface area (TPSA) is 17.8 Å². The fraction of sp³-hybridized carbons (Fsp3) is 0.222. The highest BCUT2D eigenvalue weighted by atomic mass is 15.3. The van der Waals surface area contributed by atoms with Crippen LogP contribution in [0.5, 0.6) is 0 Å². The van der Waals surface area contributed by atoms with E-state index in [1.54, 1.807) is 10.9 Å². The normalized spacial score (nSPS) is 10.6. The van der Waals surface area contributed by atoms with Crippen LogP contribution < -0.4 is 0 Å². The summed E-state index contributed by atoms with van der Waals surface area (Å²) in [5.41, 5.74) is 0.900. The lowest BCUT2D eigenvalue weighted by Crippen LogP contribution is -1.91. The molecule has 1 rings (SSSR count). The molecule has 2 nitrogen and oxygen atoms in total. The molecule has 0 aromatic carbocycles.